The molecule has 1 unspecified atom stereocenters. The molecule has 2 nitrogen and oxygen atoms in total. The summed E-state index contributed by atoms with van der Waals surface area (Å²) in [5.41, 5.74) is -2.47. The Hall–Kier alpha value is -0.0851. The average molecular weight is 165 g/mol. The first-order valence-electron chi connectivity index (χ1n) is 2.95. The van der Waals surface area contributed by atoms with Crippen LogP contribution < -0.4 is 0 Å². The fourth-order valence-corrected chi connectivity index (χ4v) is 0.619. The third-order valence-electron chi connectivity index (χ3n) is 1.40. The summed E-state index contributed by atoms with van der Waals surface area (Å²) < 4.78 is 12.1. The van der Waals surface area contributed by atoms with Crippen LogP contribution in [0.25, 0.3) is 0 Å². The lowest BCUT2D eigenvalue weighted by Crippen LogP contribution is -2.41. The van der Waals surface area contributed by atoms with Crippen molar-refractivity contribution in [2.75, 3.05) is 14.1 Å². The van der Waals surface area contributed by atoms with E-state index in [9.17, 15) is 9.18 Å². The first-order valence-corrected chi connectivity index (χ1v) is 3.38. The Kier molecular flexibility index (Phi) is 3.90. The van der Waals surface area contributed by atoms with Gasteiger partial charge in [0, 0.05) is 0 Å². The predicted molar refractivity (Wildman–Crippen MR) is 41.1 cm³/mol. The monoisotopic (exact) mass is 165 g/mol. The summed E-state index contributed by atoms with van der Waals surface area (Å²) in [6.45, 7) is 1.16. The lowest BCUT2D eigenvalue weighted by atomic mass is 9.59. The zero-order chi connectivity index (χ0) is 8.31. The summed E-state index contributed by atoms with van der Waals surface area (Å²) in [6, 6.07) is 0. The topological polar surface area (TPSA) is 20.3 Å². The van der Waals surface area contributed by atoms with Gasteiger partial charge >= 0.3 is 6.85 Å². The van der Waals surface area contributed by atoms with E-state index < -0.39 is 18.2 Å². The summed E-state index contributed by atoms with van der Waals surface area (Å²) in [4.78, 5) is 12.3. The van der Waals surface area contributed by atoms with E-state index in [-0.39, 0.29) is 0 Å². The number of hydrogen-bond donors (Lipinski definition) is 0. The first-order chi connectivity index (χ1) is 4.46. The standard InChI is InChI=1S/C5H10BClFNO/c1-6(9(2)3)4(10)5(7)8/h5H,1-3H3. The fourth-order valence-electron chi connectivity index (χ4n) is 0.437. The highest BCUT2D eigenvalue weighted by Crippen LogP contribution is 2.02. The number of carbonyl (C=O) groups is 1. The average Bonchev–Trinajstić information content (AvgIpc) is 1.84. The SMILES string of the molecule is CB(C(=O)C(F)Cl)N(C)C. The van der Waals surface area contributed by atoms with Gasteiger partial charge in [-0.05, 0) is 14.1 Å². The van der Waals surface area contributed by atoms with Gasteiger partial charge in [-0.1, -0.05) is 18.4 Å². The molecule has 0 radical (unpaired) electrons. The molecule has 0 saturated heterocycles. The van der Waals surface area contributed by atoms with E-state index >= 15 is 0 Å². The third-order valence-corrected chi connectivity index (χ3v) is 1.62. The van der Waals surface area contributed by atoms with Crippen LogP contribution in [0.3, 0.4) is 0 Å². The molecule has 0 heterocycles. The molecule has 1 atom stereocenters. The van der Waals surface area contributed by atoms with Crippen LogP contribution in [0.4, 0.5) is 4.39 Å². The van der Waals surface area contributed by atoms with Crippen molar-refractivity contribution < 1.29 is 9.18 Å². The predicted octanol–water partition coefficient (Wildman–Crippen LogP) is 0.812. The zero-order valence-electron chi connectivity index (χ0n) is 6.27. The lowest BCUT2D eigenvalue weighted by Gasteiger charge is -2.14. The highest BCUT2D eigenvalue weighted by Gasteiger charge is 2.26. The van der Waals surface area contributed by atoms with Gasteiger partial charge in [-0.15, -0.1) is 0 Å². The van der Waals surface area contributed by atoms with Gasteiger partial charge in [0.2, 0.25) is 5.63 Å². The van der Waals surface area contributed by atoms with E-state index in [1.165, 1.54) is 0 Å². The summed E-state index contributed by atoms with van der Waals surface area (Å²) >= 11 is 4.92. The Morgan fingerprint density at radius 2 is 2.10 bits per heavy atom. The van der Waals surface area contributed by atoms with E-state index in [0.717, 1.165) is 0 Å². The molecule has 0 aromatic heterocycles. The van der Waals surface area contributed by atoms with Gasteiger partial charge in [-0.3, -0.25) is 0 Å². The molecular weight excluding hydrogens is 155 g/mol. The molecule has 0 bridgehead atoms. The molecule has 58 valence electrons. The molecule has 5 heteroatoms. The minimum Gasteiger partial charge on any atom is -0.341 e. The number of carbonyl (C=O) groups excluding carboxylic acids is 1. The second-order valence-electron chi connectivity index (χ2n) is 2.34. The molecule has 0 rings (SSSR count). The molecule has 0 amide bonds. The quantitative estimate of drug-likeness (QED) is 0.456. The lowest BCUT2D eigenvalue weighted by molar-refractivity contribution is -0.114. The van der Waals surface area contributed by atoms with Crippen LogP contribution in [0.5, 0.6) is 0 Å². The van der Waals surface area contributed by atoms with E-state index in [1.807, 2.05) is 0 Å². The second-order valence-corrected chi connectivity index (χ2v) is 2.73. The van der Waals surface area contributed by atoms with E-state index in [4.69, 9.17) is 11.6 Å². The normalized spacial score (nSPS) is 13.4. The summed E-state index contributed by atoms with van der Waals surface area (Å²) in [7, 11) is 3.39. The molecule has 0 aliphatic carbocycles. The minimum absolute atomic E-state index is 0.451. The number of rotatable bonds is 3. The Labute approximate surface area is 65.4 Å². The highest BCUT2D eigenvalue weighted by atomic mass is 35.5. The van der Waals surface area contributed by atoms with Crippen molar-refractivity contribution in [3.63, 3.8) is 0 Å². The molecule has 0 N–H and O–H groups in total. The van der Waals surface area contributed by atoms with Gasteiger partial charge in [0.15, 0.2) is 5.68 Å². The van der Waals surface area contributed by atoms with Crippen LogP contribution in [-0.4, -0.2) is 37.1 Å². The van der Waals surface area contributed by atoms with Crippen LogP contribution in [0.2, 0.25) is 6.82 Å². The maximum Gasteiger partial charge on any atom is 0.305 e. The van der Waals surface area contributed by atoms with E-state index in [0.29, 0.717) is 0 Å². The highest BCUT2D eigenvalue weighted by molar-refractivity contribution is 6.89. The Bertz CT molecular complexity index is 131. The number of hydrogen-bond acceptors (Lipinski definition) is 2. The molecule has 0 saturated carbocycles. The Balaban J connectivity index is 3.95. The first kappa shape index (κ1) is 9.91. The van der Waals surface area contributed by atoms with Crippen LogP contribution >= 0.6 is 11.6 Å². The van der Waals surface area contributed by atoms with Gasteiger partial charge in [-0.2, -0.15) is 0 Å². The van der Waals surface area contributed by atoms with Gasteiger partial charge in [0.1, 0.15) is 0 Å². The van der Waals surface area contributed by atoms with Crippen molar-refractivity contribution in [3.05, 3.63) is 0 Å². The second kappa shape index (κ2) is 3.93. The molecule has 0 aromatic carbocycles. The summed E-state index contributed by atoms with van der Waals surface area (Å²) in [6.07, 6.45) is 0. The number of alkyl halides is 2. The fraction of sp³-hybridized carbons (Fsp3) is 0.800. The Morgan fingerprint density at radius 1 is 1.70 bits per heavy atom. The summed E-state index contributed by atoms with van der Waals surface area (Å²) in [5, 5.41) is 0. The molecule has 0 fully saturated rings. The van der Waals surface area contributed by atoms with Crippen molar-refractivity contribution in [2.45, 2.75) is 12.5 Å². The smallest absolute Gasteiger partial charge is 0.305 e. The molecule has 0 spiro atoms. The van der Waals surface area contributed by atoms with E-state index in [2.05, 4.69) is 0 Å². The van der Waals surface area contributed by atoms with Gasteiger partial charge < -0.3 is 9.61 Å². The van der Waals surface area contributed by atoms with Crippen molar-refractivity contribution in [3.8, 4) is 0 Å². The molecule has 0 aromatic rings. The Morgan fingerprint density at radius 3 is 2.20 bits per heavy atom. The van der Waals surface area contributed by atoms with Crippen molar-refractivity contribution in [2.24, 2.45) is 0 Å². The molecule has 0 aliphatic rings. The van der Waals surface area contributed by atoms with Crippen LogP contribution in [0, 0.1) is 0 Å². The van der Waals surface area contributed by atoms with Gasteiger partial charge in [0.25, 0.3) is 0 Å². The minimum atomic E-state index is -1.88. The van der Waals surface area contributed by atoms with Crippen molar-refractivity contribution >= 4 is 24.1 Å². The van der Waals surface area contributed by atoms with Crippen molar-refractivity contribution in [1.29, 1.82) is 0 Å². The maximum atomic E-state index is 12.1. The van der Waals surface area contributed by atoms with E-state index in [1.54, 1.807) is 25.7 Å². The number of halogens is 2. The maximum absolute atomic E-state index is 12.1. The van der Waals surface area contributed by atoms with Gasteiger partial charge in [-0.25, -0.2) is 4.39 Å². The zero-order valence-corrected chi connectivity index (χ0v) is 7.02. The molecule has 0 aliphatic heterocycles. The van der Waals surface area contributed by atoms with Crippen LogP contribution in [-0.2, 0) is 4.79 Å². The molecule has 10 heavy (non-hydrogen) atoms. The third kappa shape index (κ3) is 2.67. The largest absolute Gasteiger partial charge is 0.341 e. The van der Waals surface area contributed by atoms with Crippen LogP contribution in [0.15, 0.2) is 0 Å². The molecular formula is C5H10BClFNO. The van der Waals surface area contributed by atoms with Crippen molar-refractivity contribution in [1.82, 2.24) is 4.81 Å². The van der Waals surface area contributed by atoms with Crippen LogP contribution in [0.1, 0.15) is 0 Å². The number of nitrogens with zero attached hydrogens (tertiary/aromatic N) is 1. The van der Waals surface area contributed by atoms with Gasteiger partial charge in [0.05, 0.1) is 0 Å². The summed E-state index contributed by atoms with van der Waals surface area (Å²) in [5.74, 6) is 0.